The molecule has 1 aliphatic heterocycles. The molecule has 23 heavy (non-hydrogen) atoms. The Morgan fingerprint density at radius 3 is 2.78 bits per heavy atom. The molecular weight excluding hydrogens is 363 g/mol. The van der Waals surface area contributed by atoms with Crippen molar-refractivity contribution in [3.63, 3.8) is 0 Å². The molecule has 0 radical (unpaired) electrons. The molecule has 1 aliphatic rings. The van der Waals surface area contributed by atoms with Crippen LogP contribution in [0.15, 0.2) is 29.4 Å². The van der Waals surface area contributed by atoms with Gasteiger partial charge in [0.05, 0.1) is 9.92 Å². The van der Waals surface area contributed by atoms with E-state index in [4.69, 9.17) is 23.2 Å². The van der Waals surface area contributed by atoms with Crippen molar-refractivity contribution in [2.75, 3.05) is 0 Å². The van der Waals surface area contributed by atoms with E-state index in [2.05, 4.69) is 10.3 Å². The van der Waals surface area contributed by atoms with Gasteiger partial charge in [-0.05, 0) is 17.7 Å². The topological polar surface area (TPSA) is 99.3 Å². The number of nitrogens with one attached hydrogen (secondary N) is 2. The molecule has 0 saturated heterocycles. The maximum absolute atomic E-state index is 12.3. The number of fused-ring (bicyclic) bond motifs is 1. The zero-order valence-corrected chi connectivity index (χ0v) is 14.0. The van der Waals surface area contributed by atoms with Crippen LogP contribution in [0.1, 0.15) is 11.1 Å². The predicted octanol–water partition coefficient (Wildman–Crippen LogP) is 2.04. The first-order chi connectivity index (χ1) is 10.8. The summed E-state index contributed by atoms with van der Waals surface area (Å²) < 4.78 is 24.6. The third kappa shape index (κ3) is 2.80. The van der Waals surface area contributed by atoms with Gasteiger partial charge in [0.1, 0.15) is 11.0 Å². The fraction of sp³-hybridized carbons (Fsp3) is 0.214. The minimum Gasteiger partial charge on any atom is -0.506 e. The standard InChI is InChI=1S/C14H12Cl2N2O4S/c15-9-1-8(13(19)10(16)3-9)5-18-14(20)11-2-7-4-17-6-12(7)23(11,21)22/h1,3-4,6,11,17,19H,2,5H2,(H,18,20). The number of aromatic nitrogens is 1. The molecule has 122 valence electrons. The van der Waals surface area contributed by atoms with Gasteiger partial charge in [-0.15, -0.1) is 0 Å². The summed E-state index contributed by atoms with van der Waals surface area (Å²) in [5, 5.41) is 11.6. The van der Waals surface area contributed by atoms with Gasteiger partial charge in [0, 0.05) is 35.9 Å². The Kier molecular flexibility index (Phi) is 4.03. The second-order valence-corrected chi connectivity index (χ2v) is 8.14. The highest BCUT2D eigenvalue weighted by molar-refractivity contribution is 7.93. The van der Waals surface area contributed by atoms with Gasteiger partial charge in [-0.2, -0.15) is 0 Å². The summed E-state index contributed by atoms with van der Waals surface area (Å²) in [4.78, 5) is 15.1. The van der Waals surface area contributed by atoms with E-state index in [1.165, 1.54) is 18.3 Å². The number of halogens is 2. The number of aromatic amines is 1. The lowest BCUT2D eigenvalue weighted by Crippen LogP contribution is -2.38. The van der Waals surface area contributed by atoms with E-state index < -0.39 is 21.0 Å². The van der Waals surface area contributed by atoms with E-state index in [0.29, 0.717) is 16.1 Å². The smallest absolute Gasteiger partial charge is 0.239 e. The summed E-state index contributed by atoms with van der Waals surface area (Å²) in [5.74, 6) is -0.825. The minimum absolute atomic E-state index is 0.0613. The first-order valence-electron chi connectivity index (χ1n) is 6.65. The summed E-state index contributed by atoms with van der Waals surface area (Å²) in [6.45, 7) is -0.0761. The van der Waals surface area contributed by atoms with Crippen LogP contribution in [0, 0.1) is 0 Å². The van der Waals surface area contributed by atoms with Crippen LogP contribution >= 0.6 is 23.2 Å². The molecular formula is C14H12Cl2N2O4S. The van der Waals surface area contributed by atoms with E-state index in [1.807, 2.05) is 0 Å². The van der Waals surface area contributed by atoms with E-state index in [-0.39, 0.29) is 28.6 Å². The van der Waals surface area contributed by atoms with Crippen LogP contribution in [0.25, 0.3) is 0 Å². The molecule has 1 aromatic carbocycles. The zero-order valence-electron chi connectivity index (χ0n) is 11.6. The summed E-state index contributed by atoms with van der Waals surface area (Å²) in [6, 6.07) is 2.83. The van der Waals surface area contributed by atoms with Gasteiger partial charge < -0.3 is 15.4 Å². The van der Waals surface area contributed by atoms with Crippen molar-refractivity contribution in [3.05, 3.63) is 45.7 Å². The molecule has 1 unspecified atom stereocenters. The molecule has 3 rings (SSSR count). The van der Waals surface area contributed by atoms with Gasteiger partial charge in [0.2, 0.25) is 5.91 Å². The van der Waals surface area contributed by atoms with Crippen LogP contribution in [0.4, 0.5) is 0 Å². The Balaban J connectivity index is 1.76. The highest BCUT2D eigenvalue weighted by Crippen LogP contribution is 2.32. The van der Waals surface area contributed by atoms with Crippen LogP contribution < -0.4 is 5.32 Å². The molecule has 1 atom stereocenters. The molecule has 0 aliphatic carbocycles. The van der Waals surface area contributed by atoms with E-state index in [1.54, 1.807) is 6.20 Å². The molecule has 0 spiro atoms. The molecule has 3 N–H and O–H groups in total. The third-order valence-electron chi connectivity index (χ3n) is 3.73. The number of phenols is 1. The fourth-order valence-electron chi connectivity index (χ4n) is 2.55. The molecule has 1 amide bonds. The Hall–Kier alpha value is -1.70. The van der Waals surface area contributed by atoms with E-state index in [0.717, 1.165) is 0 Å². The van der Waals surface area contributed by atoms with Crippen molar-refractivity contribution in [1.29, 1.82) is 0 Å². The molecule has 0 bridgehead atoms. The zero-order chi connectivity index (χ0) is 16.8. The average Bonchev–Trinajstić information content (AvgIpc) is 3.03. The second-order valence-electron chi connectivity index (χ2n) is 5.20. The SMILES string of the molecule is O=C(NCc1cc(Cl)cc(Cl)c1O)C1Cc2c[nH]cc2S1(=O)=O. The van der Waals surface area contributed by atoms with Crippen molar-refractivity contribution in [1.82, 2.24) is 10.3 Å². The van der Waals surface area contributed by atoms with Crippen molar-refractivity contribution in [2.45, 2.75) is 23.1 Å². The largest absolute Gasteiger partial charge is 0.506 e. The van der Waals surface area contributed by atoms with Gasteiger partial charge in [-0.1, -0.05) is 23.2 Å². The highest BCUT2D eigenvalue weighted by Gasteiger charge is 2.42. The first kappa shape index (κ1) is 16.2. The van der Waals surface area contributed by atoms with Crippen LogP contribution in [0.2, 0.25) is 10.0 Å². The monoisotopic (exact) mass is 374 g/mol. The summed E-state index contributed by atoms with van der Waals surface area (Å²) >= 11 is 11.7. The van der Waals surface area contributed by atoms with Crippen molar-refractivity contribution < 1.29 is 18.3 Å². The molecule has 9 heteroatoms. The maximum Gasteiger partial charge on any atom is 0.239 e. The van der Waals surface area contributed by atoms with Gasteiger partial charge >= 0.3 is 0 Å². The van der Waals surface area contributed by atoms with Crippen molar-refractivity contribution >= 4 is 38.9 Å². The number of carbonyl (C=O) groups excluding carboxylic acids is 1. The number of rotatable bonds is 3. The van der Waals surface area contributed by atoms with Crippen molar-refractivity contribution in [2.24, 2.45) is 0 Å². The summed E-state index contributed by atoms with van der Waals surface area (Å²) in [6.07, 6.45) is 3.07. The molecule has 6 nitrogen and oxygen atoms in total. The number of aromatic hydroxyl groups is 1. The lowest BCUT2D eigenvalue weighted by Gasteiger charge is -2.12. The Labute approximate surface area is 142 Å². The molecule has 2 heterocycles. The lowest BCUT2D eigenvalue weighted by molar-refractivity contribution is -0.120. The van der Waals surface area contributed by atoms with Gasteiger partial charge in [0.25, 0.3) is 0 Å². The molecule has 0 fully saturated rings. The number of amides is 1. The normalized spacial score (nSPS) is 18.6. The molecule has 0 saturated carbocycles. The van der Waals surface area contributed by atoms with Crippen LogP contribution in [-0.4, -0.2) is 29.7 Å². The van der Waals surface area contributed by atoms with Gasteiger partial charge in [-0.25, -0.2) is 8.42 Å². The van der Waals surface area contributed by atoms with Crippen LogP contribution in [0.5, 0.6) is 5.75 Å². The third-order valence-corrected chi connectivity index (χ3v) is 6.36. The van der Waals surface area contributed by atoms with E-state index >= 15 is 0 Å². The number of sulfone groups is 1. The maximum atomic E-state index is 12.3. The lowest BCUT2D eigenvalue weighted by atomic mass is 10.1. The summed E-state index contributed by atoms with van der Waals surface area (Å²) in [7, 11) is -3.69. The highest BCUT2D eigenvalue weighted by atomic mass is 35.5. The Bertz CT molecular complexity index is 892. The van der Waals surface area contributed by atoms with Crippen LogP contribution in [-0.2, 0) is 27.6 Å². The number of hydrogen-bond acceptors (Lipinski definition) is 4. The Morgan fingerprint density at radius 2 is 2.09 bits per heavy atom. The predicted molar refractivity (Wildman–Crippen MR) is 85.4 cm³/mol. The summed E-state index contributed by atoms with van der Waals surface area (Å²) in [5.41, 5.74) is 0.908. The average molecular weight is 375 g/mol. The van der Waals surface area contributed by atoms with E-state index in [9.17, 15) is 18.3 Å². The van der Waals surface area contributed by atoms with Gasteiger partial charge in [0.15, 0.2) is 9.84 Å². The number of benzene rings is 1. The fourth-order valence-corrected chi connectivity index (χ4v) is 4.90. The second kappa shape index (κ2) is 5.74. The number of hydrogen-bond donors (Lipinski definition) is 3. The molecule has 2 aromatic rings. The molecule has 1 aromatic heterocycles. The minimum atomic E-state index is -3.69. The van der Waals surface area contributed by atoms with Crippen molar-refractivity contribution in [3.8, 4) is 5.75 Å². The first-order valence-corrected chi connectivity index (χ1v) is 8.95. The number of H-pyrrole nitrogens is 1. The number of carbonyl (C=O) groups is 1. The number of phenolic OH excluding ortho intramolecular Hbond substituents is 1. The Morgan fingerprint density at radius 1 is 1.35 bits per heavy atom. The van der Waals surface area contributed by atoms with Gasteiger partial charge in [-0.3, -0.25) is 4.79 Å². The quantitative estimate of drug-likeness (QED) is 0.765. The van der Waals surface area contributed by atoms with Crippen LogP contribution in [0.3, 0.4) is 0 Å².